The lowest BCUT2D eigenvalue weighted by Gasteiger charge is -2.20. The maximum absolute atomic E-state index is 13.8. The first kappa shape index (κ1) is 24.9. The van der Waals surface area contributed by atoms with E-state index >= 15 is 0 Å². The van der Waals surface area contributed by atoms with Gasteiger partial charge < -0.3 is 9.47 Å². The molecule has 0 N–H and O–H groups in total. The lowest BCUT2D eigenvalue weighted by molar-refractivity contribution is 0.0887. The summed E-state index contributed by atoms with van der Waals surface area (Å²) in [6.45, 7) is 0. The Morgan fingerprint density at radius 3 is 2.08 bits per heavy atom. The molecular formula is C28H25NO6S. The molecule has 0 saturated heterocycles. The fourth-order valence-electron chi connectivity index (χ4n) is 4.12. The van der Waals surface area contributed by atoms with Crippen molar-refractivity contribution in [3.63, 3.8) is 0 Å². The number of para-hydroxylation sites is 2. The molecule has 1 aromatic heterocycles. The molecule has 1 atom stereocenters. The summed E-state index contributed by atoms with van der Waals surface area (Å²) < 4.78 is 38.3. The van der Waals surface area contributed by atoms with Crippen LogP contribution in [0.3, 0.4) is 0 Å². The summed E-state index contributed by atoms with van der Waals surface area (Å²) in [5.41, 5.74) is 0.802. The molecule has 1 unspecified atom stereocenters. The summed E-state index contributed by atoms with van der Waals surface area (Å²) in [5.74, 6) is -0.948. The summed E-state index contributed by atoms with van der Waals surface area (Å²) in [6.07, 6.45) is 1.06. The number of hydrogen-bond acceptors (Lipinski definition) is 6. The third kappa shape index (κ3) is 4.81. The van der Waals surface area contributed by atoms with E-state index in [1.165, 1.54) is 44.7 Å². The van der Waals surface area contributed by atoms with Crippen LogP contribution in [0.2, 0.25) is 0 Å². The molecule has 0 fully saturated rings. The number of carbonyl (C=O) groups is 2. The molecule has 0 aliphatic carbocycles. The molecule has 0 radical (unpaired) electrons. The first-order chi connectivity index (χ1) is 17.4. The number of aromatic nitrogens is 1. The minimum Gasteiger partial charge on any atom is -0.496 e. The third-order valence-corrected chi connectivity index (χ3v) is 7.60. The first-order valence-corrected chi connectivity index (χ1v) is 12.6. The van der Waals surface area contributed by atoms with Crippen LogP contribution in [-0.2, 0) is 10.0 Å². The van der Waals surface area contributed by atoms with Crippen molar-refractivity contribution in [2.24, 2.45) is 0 Å². The molecule has 4 aromatic rings. The standard InChI is InChI=1S/C28H25NO6S/c1-34-26-16-8-6-13-21(26)23(28(31)22-14-7-9-17-27(22)35-2)19-25(30)24-15-10-18-29(24)36(32,33)20-11-4-3-5-12-20/h3-18,23H,19H2,1-2H3. The number of methoxy groups -OCH3 is 2. The molecule has 8 heteroatoms. The summed E-state index contributed by atoms with van der Waals surface area (Å²) in [5, 5.41) is 0. The minimum absolute atomic E-state index is 0.0356. The van der Waals surface area contributed by atoms with E-state index in [-0.39, 0.29) is 22.8 Å². The molecular weight excluding hydrogens is 478 g/mol. The van der Waals surface area contributed by atoms with Crippen molar-refractivity contribution >= 4 is 21.6 Å². The van der Waals surface area contributed by atoms with E-state index in [9.17, 15) is 18.0 Å². The Kier molecular flexibility index (Phi) is 7.36. The van der Waals surface area contributed by atoms with Gasteiger partial charge in [0.25, 0.3) is 10.0 Å². The minimum atomic E-state index is -4.00. The van der Waals surface area contributed by atoms with Gasteiger partial charge in [0.2, 0.25) is 0 Å². The van der Waals surface area contributed by atoms with Crippen LogP contribution >= 0.6 is 0 Å². The van der Waals surface area contributed by atoms with Gasteiger partial charge in [-0.15, -0.1) is 0 Å². The van der Waals surface area contributed by atoms with E-state index in [2.05, 4.69) is 0 Å². The smallest absolute Gasteiger partial charge is 0.268 e. The average molecular weight is 504 g/mol. The Bertz CT molecular complexity index is 1490. The van der Waals surface area contributed by atoms with Crippen molar-refractivity contribution in [1.29, 1.82) is 0 Å². The summed E-state index contributed by atoms with van der Waals surface area (Å²) >= 11 is 0. The summed E-state index contributed by atoms with van der Waals surface area (Å²) in [4.78, 5) is 27.4. The highest BCUT2D eigenvalue weighted by molar-refractivity contribution is 7.90. The molecule has 3 aromatic carbocycles. The first-order valence-electron chi connectivity index (χ1n) is 11.2. The number of ketones is 2. The van der Waals surface area contributed by atoms with Gasteiger partial charge in [-0.25, -0.2) is 12.4 Å². The molecule has 0 bridgehead atoms. The van der Waals surface area contributed by atoms with Crippen molar-refractivity contribution in [3.8, 4) is 11.5 Å². The number of benzene rings is 3. The molecule has 1 heterocycles. The van der Waals surface area contributed by atoms with Gasteiger partial charge in [0, 0.05) is 18.2 Å². The summed E-state index contributed by atoms with van der Waals surface area (Å²) in [6, 6.07) is 24.5. The van der Waals surface area contributed by atoms with E-state index in [0.29, 0.717) is 22.6 Å². The lowest BCUT2D eigenvalue weighted by atomic mass is 9.85. The zero-order chi connectivity index (χ0) is 25.7. The maximum Gasteiger partial charge on any atom is 0.268 e. The summed E-state index contributed by atoms with van der Waals surface area (Å²) in [7, 11) is -1.04. The van der Waals surface area contributed by atoms with Crippen LogP contribution in [0.1, 0.15) is 38.7 Å². The third-order valence-electron chi connectivity index (χ3n) is 5.89. The van der Waals surface area contributed by atoms with Gasteiger partial charge in [-0.3, -0.25) is 9.59 Å². The monoisotopic (exact) mass is 503 g/mol. The van der Waals surface area contributed by atoms with Gasteiger partial charge in [0.1, 0.15) is 11.5 Å². The van der Waals surface area contributed by atoms with Gasteiger partial charge in [-0.2, -0.15) is 0 Å². The predicted molar refractivity (Wildman–Crippen MR) is 135 cm³/mol. The number of carbonyl (C=O) groups excluding carboxylic acids is 2. The van der Waals surface area contributed by atoms with Crippen LogP contribution in [0.15, 0.2) is 102 Å². The molecule has 0 aliphatic rings. The molecule has 0 aliphatic heterocycles. The number of hydrogen-bond donors (Lipinski definition) is 0. The highest BCUT2D eigenvalue weighted by Crippen LogP contribution is 2.35. The van der Waals surface area contributed by atoms with Crippen molar-refractivity contribution < 1.29 is 27.5 Å². The van der Waals surface area contributed by atoms with Gasteiger partial charge in [-0.05, 0) is 42.5 Å². The number of nitrogens with zero attached hydrogens (tertiary/aromatic N) is 1. The van der Waals surface area contributed by atoms with Crippen molar-refractivity contribution in [1.82, 2.24) is 3.97 Å². The van der Waals surface area contributed by atoms with Crippen molar-refractivity contribution in [2.75, 3.05) is 14.2 Å². The molecule has 0 amide bonds. The average Bonchev–Trinajstić information content (AvgIpc) is 3.43. The van der Waals surface area contributed by atoms with Crippen LogP contribution in [0, 0.1) is 0 Å². The Morgan fingerprint density at radius 1 is 0.778 bits per heavy atom. The van der Waals surface area contributed by atoms with Crippen molar-refractivity contribution in [2.45, 2.75) is 17.2 Å². The Labute approximate surface area is 210 Å². The van der Waals surface area contributed by atoms with Crippen molar-refractivity contribution in [3.05, 3.63) is 114 Å². The highest BCUT2D eigenvalue weighted by atomic mass is 32.2. The van der Waals surface area contributed by atoms with Gasteiger partial charge in [0.15, 0.2) is 11.6 Å². The van der Waals surface area contributed by atoms with Gasteiger partial charge >= 0.3 is 0 Å². The largest absolute Gasteiger partial charge is 0.496 e. The molecule has 0 spiro atoms. The zero-order valence-electron chi connectivity index (χ0n) is 19.8. The lowest BCUT2D eigenvalue weighted by Crippen LogP contribution is -2.22. The second kappa shape index (κ2) is 10.6. The van der Waals surface area contributed by atoms with Gasteiger partial charge in [0.05, 0.1) is 36.3 Å². The molecule has 184 valence electrons. The Hall–Kier alpha value is -4.17. The van der Waals surface area contributed by atoms with Crippen LogP contribution in [0.4, 0.5) is 0 Å². The van der Waals surface area contributed by atoms with Crippen LogP contribution in [0.5, 0.6) is 11.5 Å². The SMILES string of the molecule is COc1ccccc1C(=O)C(CC(=O)c1cccn1S(=O)(=O)c1ccccc1)c1ccccc1OC. The molecule has 4 rings (SSSR count). The number of Topliss-reactive ketones (excluding diaryl/α,β-unsaturated/α-hetero) is 2. The number of ether oxygens (including phenoxy) is 2. The van der Waals surface area contributed by atoms with Crippen LogP contribution in [0.25, 0.3) is 0 Å². The maximum atomic E-state index is 13.8. The normalized spacial score (nSPS) is 12.1. The van der Waals surface area contributed by atoms with E-state index in [0.717, 1.165) is 3.97 Å². The van der Waals surface area contributed by atoms with E-state index in [1.54, 1.807) is 66.7 Å². The number of rotatable bonds is 10. The Balaban J connectivity index is 1.76. The molecule has 7 nitrogen and oxygen atoms in total. The topological polar surface area (TPSA) is 91.7 Å². The van der Waals surface area contributed by atoms with E-state index in [1.807, 2.05) is 0 Å². The van der Waals surface area contributed by atoms with Gasteiger partial charge in [-0.1, -0.05) is 48.5 Å². The predicted octanol–water partition coefficient (Wildman–Crippen LogP) is 4.98. The molecule has 0 saturated carbocycles. The fourth-order valence-corrected chi connectivity index (χ4v) is 5.50. The molecule has 36 heavy (non-hydrogen) atoms. The van der Waals surface area contributed by atoms with Crippen LogP contribution < -0.4 is 9.47 Å². The Morgan fingerprint density at radius 2 is 1.39 bits per heavy atom. The van der Waals surface area contributed by atoms with E-state index in [4.69, 9.17) is 9.47 Å². The van der Waals surface area contributed by atoms with E-state index < -0.39 is 21.7 Å². The zero-order valence-corrected chi connectivity index (χ0v) is 20.6. The quantitative estimate of drug-likeness (QED) is 0.284. The second-order valence-electron chi connectivity index (χ2n) is 7.99. The van der Waals surface area contributed by atoms with Crippen LogP contribution in [-0.4, -0.2) is 38.2 Å². The fraction of sp³-hybridized carbons (Fsp3) is 0.143. The highest BCUT2D eigenvalue weighted by Gasteiger charge is 2.31. The second-order valence-corrected chi connectivity index (χ2v) is 9.81.